The van der Waals surface area contributed by atoms with Crippen LogP contribution in [0.5, 0.6) is 0 Å². The summed E-state index contributed by atoms with van der Waals surface area (Å²) in [6, 6.07) is 7.44. The van der Waals surface area contributed by atoms with Crippen LogP contribution in [0, 0.1) is 0 Å². The zero-order valence-electron chi connectivity index (χ0n) is 11.3. The molecule has 0 amide bonds. The number of nitrogens with one attached hydrogen (secondary N) is 1. The normalized spacial score (nSPS) is 10.9. The second-order valence-electron chi connectivity index (χ2n) is 4.39. The van der Waals surface area contributed by atoms with E-state index >= 15 is 0 Å². The molecular weight excluding hydrogens is 297 g/mol. The van der Waals surface area contributed by atoms with Crippen molar-refractivity contribution in [3.8, 4) is 0 Å². The van der Waals surface area contributed by atoms with Crippen molar-refractivity contribution in [3.63, 3.8) is 0 Å². The van der Waals surface area contributed by atoms with Gasteiger partial charge in [0.1, 0.15) is 0 Å². The van der Waals surface area contributed by atoms with Crippen LogP contribution in [0.25, 0.3) is 0 Å². The Morgan fingerprint density at radius 1 is 1.30 bits per heavy atom. The number of halogens is 2. The summed E-state index contributed by atoms with van der Waals surface area (Å²) in [5, 5.41) is 9.00. The van der Waals surface area contributed by atoms with Crippen molar-refractivity contribution in [1.29, 1.82) is 0 Å². The molecule has 1 aromatic heterocycles. The van der Waals surface area contributed by atoms with Crippen molar-refractivity contribution in [2.75, 3.05) is 20.3 Å². The molecule has 0 unspecified atom stereocenters. The maximum Gasteiger partial charge on any atom is 0.0678 e. The molecule has 2 rings (SSSR count). The van der Waals surface area contributed by atoms with Crippen LogP contribution >= 0.6 is 23.2 Å². The zero-order valence-corrected chi connectivity index (χ0v) is 12.8. The summed E-state index contributed by atoms with van der Waals surface area (Å²) in [4.78, 5) is 0. The van der Waals surface area contributed by atoms with E-state index in [1.165, 1.54) is 0 Å². The van der Waals surface area contributed by atoms with Crippen molar-refractivity contribution in [2.24, 2.45) is 0 Å². The molecule has 20 heavy (non-hydrogen) atoms. The molecule has 0 aliphatic rings. The first-order valence-corrected chi connectivity index (χ1v) is 7.10. The van der Waals surface area contributed by atoms with E-state index in [0.717, 1.165) is 24.3 Å². The molecule has 6 heteroatoms. The van der Waals surface area contributed by atoms with Gasteiger partial charge >= 0.3 is 0 Å². The number of benzene rings is 1. The van der Waals surface area contributed by atoms with Crippen LogP contribution < -0.4 is 5.32 Å². The Morgan fingerprint density at radius 2 is 2.15 bits per heavy atom. The summed E-state index contributed by atoms with van der Waals surface area (Å²) in [7, 11) is 1.69. The van der Waals surface area contributed by atoms with Crippen molar-refractivity contribution < 1.29 is 4.74 Å². The lowest BCUT2D eigenvalue weighted by Gasteiger charge is -2.10. The van der Waals surface area contributed by atoms with Crippen molar-refractivity contribution in [1.82, 2.24) is 15.1 Å². The average molecular weight is 314 g/mol. The summed E-state index contributed by atoms with van der Waals surface area (Å²) in [5.41, 5.74) is 2.05. The lowest BCUT2D eigenvalue weighted by molar-refractivity contribution is 0.199. The van der Waals surface area contributed by atoms with Crippen molar-refractivity contribution in [2.45, 2.75) is 13.1 Å². The lowest BCUT2D eigenvalue weighted by atomic mass is 10.2. The monoisotopic (exact) mass is 313 g/mol. The Labute approximate surface area is 128 Å². The van der Waals surface area contributed by atoms with Gasteiger partial charge in [0.25, 0.3) is 0 Å². The van der Waals surface area contributed by atoms with Gasteiger partial charge < -0.3 is 10.1 Å². The molecule has 0 aliphatic carbocycles. The first kappa shape index (κ1) is 15.3. The SMILES string of the molecule is COCCNCc1ccnn1Cc1cc(Cl)ccc1Cl. The maximum absolute atomic E-state index is 6.18. The molecule has 0 bridgehead atoms. The van der Waals surface area contributed by atoms with E-state index in [9.17, 15) is 0 Å². The smallest absolute Gasteiger partial charge is 0.0678 e. The van der Waals surface area contributed by atoms with Gasteiger partial charge in [-0.15, -0.1) is 0 Å². The topological polar surface area (TPSA) is 39.1 Å². The van der Waals surface area contributed by atoms with Crippen LogP contribution in [0.2, 0.25) is 10.0 Å². The third-order valence-electron chi connectivity index (χ3n) is 2.92. The van der Waals surface area contributed by atoms with E-state index in [0.29, 0.717) is 23.2 Å². The number of hydrogen-bond acceptors (Lipinski definition) is 3. The van der Waals surface area contributed by atoms with Crippen LogP contribution in [0.15, 0.2) is 30.5 Å². The van der Waals surface area contributed by atoms with Gasteiger partial charge in [-0.1, -0.05) is 23.2 Å². The molecule has 0 saturated carbocycles. The minimum Gasteiger partial charge on any atom is -0.383 e. The molecule has 2 aromatic rings. The average Bonchev–Trinajstić information content (AvgIpc) is 2.86. The Balaban J connectivity index is 2.02. The van der Waals surface area contributed by atoms with E-state index in [4.69, 9.17) is 27.9 Å². The molecule has 1 aromatic carbocycles. The minimum absolute atomic E-state index is 0.605. The Morgan fingerprint density at radius 3 is 2.95 bits per heavy atom. The molecule has 0 fully saturated rings. The second-order valence-corrected chi connectivity index (χ2v) is 5.23. The molecule has 0 aliphatic heterocycles. The Bertz CT molecular complexity index is 557. The van der Waals surface area contributed by atoms with Crippen LogP contribution in [0.1, 0.15) is 11.3 Å². The first-order chi connectivity index (χ1) is 9.70. The third kappa shape index (κ3) is 4.21. The van der Waals surface area contributed by atoms with E-state index in [2.05, 4.69) is 10.4 Å². The molecule has 4 nitrogen and oxygen atoms in total. The molecule has 0 radical (unpaired) electrons. The highest BCUT2D eigenvalue weighted by atomic mass is 35.5. The van der Waals surface area contributed by atoms with Crippen LogP contribution in [0.3, 0.4) is 0 Å². The fourth-order valence-corrected chi connectivity index (χ4v) is 2.24. The van der Waals surface area contributed by atoms with E-state index in [1.54, 1.807) is 25.4 Å². The molecule has 1 N–H and O–H groups in total. The quantitative estimate of drug-likeness (QED) is 0.799. The van der Waals surface area contributed by atoms with Gasteiger partial charge in [0.2, 0.25) is 0 Å². The van der Waals surface area contributed by atoms with Gasteiger partial charge in [0.15, 0.2) is 0 Å². The maximum atomic E-state index is 6.18. The number of aromatic nitrogens is 2. The standard InChI is InChI=1S/C14H17Cl2N3O/c1-20-7-6-17-9-13-4-5-18-19(13)10-11-8-12(15)2-3-14(11)16/h2-5,8,17H,6-7,9-10H2,1H3. The zero-order chi connectivity index (χ0) is 14.4. The van der Waals surface area contributed by atoms with Crippen LogP contribution in [-0.4, -0.2) is 30.0 Å². The fraction of sp³-hybridized carbons (Fsp3) is 0.357. The van der Waals surface area contributed by atoms with E-state index in [-0.39, 0.29) is 0 Å². The summed E-state index contributed by atoms with van der Waals surface area (Å²) >= 11 is 12.2. The van der Waals surface area contributed by atoms with Crippen LogP contribution in [0.4, 0.5) is 0 Å². The van der Waals surface area contributed by atoms with Crippen molar-refractivity contribution in [3.05, 3.63) is 51.8 Å². The van der Waals surface area contributed by atoms with Gasteiger partial charge in [-0.3, -0.25) is 4.68 Å². The Kier molecular flexibility index (Phi) is 5.86. The van der Waals surface area contributed by atoms with E-state index < -0.39 is 0 Å². The summed E-state index contributed by atoms with van der Waals surface area (Å²) in [6.07, 6.45) is 1.78. The van der Waals surface area contributed by atoms with Gasteiger partial charge in [0.05, 0.1) is 18.8 Å². The van der Waals surface area contributed by atoms with Gasteiger partial charge in [0, 0.05) is 36.4 Å². The molecule has 0 atom stereocenters. The first-order valence-electron chi connectivity index (χ1n) is 6.35. The molecule has 108 valence electrons. The highest BCUT2D eigenvalue weighted by Gasteiger charge is 2.06. The summed E-state index contributed by atoms with van der Waals surface area (Å²) in [6.45, 7) is 2.84. The van der Waals surface area contributed by atoms with Gasteiger partial charge in [-0.2, -0.15) is 5.10 Å². The fourth-order valence-electron chi connectivity index (χ4n) is 1.87. The predicted octanol–water partition coefficient (Wildman–Crippen LogP) is 2.97. The molecular formula is C14H17Cl2N3O. The minimum atomic E-state index is 0.605. The molecule has 0 saturated heterocycles. The highest BCUT2D eigenvalue weighted by Crippen LogP contribution is 2.21. The summed E-state index contributed by atoms with van der Waals surface area (Å²) < 4.78 is 6.91. The largest absolute Gasteiger partial charge is 0.383 e. The highest BCUT2D eigenvalue weighted by molar-refractivity contribution is 6.33. The Hall–Kier alpha value is -1.07. The number of ether oxygens (including phenoxy) is 1. The van der Waals surface area contributed by atoms with E-state index in [1.807, 2.05) is 16.8 Å². The number of methoxy groups -OCH3 is 1. The third-order valence-corrected chi connectivity index (χ3v) is 3.53. The van der Waals surface area contributed by atoms with Gasteiger partial charge in [-0.25, -0.2) is 0 Å². The second kappa shape index (κ2) is 7.64. The summed E-state index contributed by atoms with van der Waals surface area (Å²) in [5.74, 6) is 0. The molecule has 1 heterocycles. The number of rotatable bonds is 7. The van der Waals surface area contributed by atoms with Crippen LogP contribution in [-0.2, 0) is 17.8 Å². The lowest BCUT2D eigenvalue weighted by Crippen LogP contribution is -2.21. The predicted molar refractivity (Wildman–Crippen MR) is 81.4 cm³/mol. The molecule has 0 spiro atoms. The van der Waals surface area contributed by atoms with Crippen molar-refractivity contribution >= 4 is 23.2 Å². The number of hydrogen-bond donors (Lipinski definition) is 1. The number of nitrogens with zero attached hydrogens (tertiary/aromatic N) is 2. The van der Waals surface area contributed by atoms with Gasteiger partial charge in [-0.05, 0) is 29.8 Å².